The van der Waals surface area contributed by atoms with Crippen LogP contribution in [0.25, 0.3) is 5.69 Å². The Morgan fingerprint density at radius 2 is 1.79 bits per heavy atom. The Kier molecular flexibility index (Phi) is 7.95. The summed E-state index contributed by atoms with van der Waals surface area (Å²) in [6.07, 6.45) is 4.18. The fraction of sp³-hybridized carbons (Fsp3) is 0.348. The van der Waals surface area contributed by atoms with Gasteiger partial charge in [0.15, 0.2) is 0 Å². The number of rotatable bonds is 10. The standard InChI is InChI=1S/C23H30N4O2/c1-6-15-26(16-7-2)23(29)18(4)24-22(28)14-13-21-17(3)25-27(19(21)5)20-11-9-8-10-12-20/h6-12,18H,1-2,13-16H2,3-5H3,(H,24,28). The minimum atomic E-state index is -0.600. The molecule has 1 aromatic carbocycles. The lowest BCUT2D eigenvalue weighted by Crippen LogP contribution is -2.47. The largest absolute Gasteiger partial charge is 0.345 e. The van der Waals surface area contributed by atoms with Crippen LogP contribution in [0.2, 0.25) is 0 Å². The number of benzene rings is 1. The Bertz CT molecular complexity index is 861. The van der Waals surface area contributed by atoms with Gasteiger partial charge in [0, 0.05) is 25.2 Å². The Balaban J connectivity index is 1.99. The molecule has 2 rings (SSSR count). The Hall–Kier alpha value is -3.15. The third-order valence-corrected chi connectivity index (χ3v) is 4.80. The molecule has 0 saturated carbocycles. The molecule has 2 amide bonds. The van der Waals surface area contributed by atoms with Gasteiger partial charge in [-0.15, -0.1) is 13.2 Å². The summed E-state index contributed by atoms with van der Waals surface area (Å²) in [7, 11) is 0. The lowest BCUT2D eigenvalue weighted by atomic mass is 10.1. The first kappa shape index (κ1) is 22.1. The molecule has 6 nitrogen and oxygen atoms in total. The Morgan fingerprint density at radius 1 is 1.17 bits per heavy atom. The SMILES string of the molecule is C=CCN(CC=C)C(=O)C(C)NC(=O)CCc1c(C)nn(-c2ccccc2)c1C. The zero-order valence-corrected chi connectivity index (χ0v) is 17.5. The summed E-state index contributed by atoms with van der Waals surface area (Å²) in [6, 6.07) is 9.31. The quantitative estimate of drug-likeness (QED) is 0.630. The van der Waals surface area contributed by atoms with Crippen molar-refractivity contribution in [1.29, 1.82) is 0 Å². The van der Waals surface area contributed by atoms with Gasteiger partial charge in [0.25, 0.3) is 0 Å². The summed E-state index contributed by atoms with van der Waals surface area (Å²) < 4.78 is 1.90. The molecular formula is C23H30N4O2. The molecule has 0 aliphatic carbocycles. The van der Waals surface area contributed by atoms with Crippen LogP contribution in [0.15, 0.2) is 55.6 Å². The smallest absolute Gasteiger partial charge is 0.245 e. The molecule has 1 heterocycles. The summed E-state index contributed by atoms with van der Waals surface area (Å²) in [5, 5.41) is 7.42. The summed E-state index contributed by atoms with van der Waals surface area (Å²) in [6.45, 7) is 13.8. The maximum Gasteiger partial charge on any atom is 0.245 e. The monoisotopic (exact) mass is 394 g/mol. The van der Waals surface area contributed by atoms with Gasteiger partial charge >= 0.3 is 0 Å². The van der Waals surface area contributed by atoms with E-state index in [4.69, 9.17) is 0 Å². The van der Waals surface area contributed by atoms with Crippen LogP contribution in [0.3, 0.4) is 0 Å². The number of para-hydroxylation sites is 1. The average Bonchev–Trinajstić information content (AvgIpc) is 3.00. The highest BCUT2D eigenvalue weighted by atomic mass is 16.2. The number of aryl methyl sites for hydroxylation is 1. The van der Waals surface area contributed by atoms with Gasteiger partial charge in [0.2, 0.25) is 11.8 Å². The van der Waals surface area contributed by atoms with E-state index in [-0.39, 0.29) is 11.8 Å². The van der Waals surface area contributed by atoms with Gasteiger partial charge < -0.3 is 10.2 Å². The molecule has 1 aromatic heterocycles. The lowest BCUT2D eigenvalue weighted by molar-refractivity contribution is -0.135. The van der Waals surface area contributed by atoms with E-state index in [2.05, 4.69) is 23.6 Å². The number of hydrogen-bond donors (Lipinski definition) is 1. The van der Waals surface area contributed by atoms with E-state index in [0.29, 0.717) is 25.9 Å². The average molecular weight is 395 g/mol. The molecule has 1 atom stereocenters. The molecule has 0 bridgehead atoms. The van der Waals surface area contributed by atoms with Crippen molar-refractivity contribution < 1.29 is 9.59 Å². The van der Waals surface area contributed by atoms with E-state index >= 15 is 0 Å². The van der Waals surface area contributed by atoms with Crippen LogP contribution in [0.5, 0.6) is 0 Å². The fourth-order valence-electron chi connectivity index (χ4n) is 3.31. The van der Waals surface area contributed by atoms with Gasteiger partial charge in [0.1, 0.15) is 6.04 Å². The van der Waals surface area contributed by atoms with Crippen molar-refractivity contribution in [3.05, 3.63) is 72.6 Å². The summed E-state index contributed by atoms with van der Waals surface area (Å²) in [5.41, 5.74) is 3.98. The summed E-state index contributed by atoms with van der Waals surface area (Å²) in [4.78, 5) is 26.5. The third kappa shape index (κ3) is 5.67. The second kappa shape index (κ2) is 10.4. The van der Waals surface area contributed by atoms with E-state index in [9.17, 15) is 9.59 Å². The van der Waals surface area contributed by atoms with Gasteiger partial charge in [-0.3, -0.25) is 9.59 Å². The van der Waals surface area contributed by atoms with E-state index in [1.54, 1.807) is 24.0 Å². The van der Waals surface area contributed by atoms with E-state index < -0.39 is 6.04 Å². The van der Waals surface area contributed by atoms with Crippen LogP contribution < -0.4 is 5.32 Å². The van der Waals surface area contributed by atoms with Crippen LogP contribution in [0, 0.1) is 13.8 Å². The Labute approximate surface area is 172 Å². The topological polar surface area (TPSA) is 67.2 Å². The first-order chi connectivity index (χ1) is 13.9. The van der Waals surface area contributed by atoms with Crippen LogP contribution in [0.1, 0.15) is 30.3 Å². The number of nitrogens with one attached hydrogen (secondary N) is 1. The van der Waals surface area contributed by atoms with Gasteiger partial charge in [0.05, 0.1) is 11.4 Å². The van der Waals surface area contributed by atoms with Crippen molar-refractivity contribution in [2.45, 2.75) is 39.7 Å². The normalized spacial score (nSPS) is 11.6. The fourth-order valence-corrected chi connectivity index (χ4v) is 3.31. The van der Waals surface area contributed by atoms with Crippen molar-refractivity contribution in [2.24, 2.45) is 0 Å². The van der Waals surface area contributed by atoms with Crippen molar-refractivity contribution >= 4 is 11.8 Å². The highest BCUT2D eigenvalue weighted by Crippen LogP contribution is 2.19. The number of carbonyl (C=O) groups excluding carboxylic acids is 2. The van der Waals surface area contributed by atoms with Crippen molar-refractivity contribution in [3.63, 3.8) is 0 Å². The molecule has 0 aliphatic heterocycles. The summed E-state index contributed by atoms with van der Waals surface area (Å²) >= 11 is 0. The number of nitrogens with zero attached hydrogens (tertiary/aromatic N) is 3. The molecular weight excluding hydrogens is 364 g/mol. The van der Waals surface area contributed by atoms with E-state index in [0.717, 1.165) is 22.6 Å². The highest BCUT2D eigenvalue weighted by molar-refractivity contribution is 5.87. The zero-order chi connectivity index (χ0) is 21.4. The van der Waals surface area contributed by atoms with Gasteiger partial charge in [-0.1, -0.05) is 30.4 Å². The molecule has 0 radical (unpaired) electrons. The first-order valence-electron chi connectivity index (χ1n) is 9.79. The molecule has 154 valence electrons. The number of carbonyl (C=O) groups is 2. The third-order valence-electron chi connectivity index (χ3n) is 4.80. The molecule has 1 N–H and O–H groups in total. The van der Waals surface area contributed by atoms with Gasteiger partial charge in [-0.2, -0.15) is 5.10 Å². The molecule has 0 spiro atoms. The van der Waals surface area contributed by atoms with Crippen molar-refractivity contribution in [1.82, 2.24) is 20.0 Å². The van der Waals surface area contributed by atoms with Crippen molar-refractivity contribution in [2.75, 3.05) is 13.1 Å². The molecule has 0 aliphatic rings. The van der Waals surface area contributed by atoms with Crippen molar-refractivity contribution in [3.8, 4) is 5.69 Å². The van der Waals surface area contributed by atoms with Crippen LogP contribution in [0.4, 0.5) is 0 Å². The molecule has 0 saturated heterocycles. The minimum Gasteiger partial charge on any atom is -0.345 e. The van der Waals surface area contributed by atoms with Gasteiger partial charge in [-0.05, 0) is 44.9 Å². The van der Waals surface area contributed by atoms with Crippen LogP contribution in [-0.2, 0) is 16.0 Å². The Morgan fingerprint density at radius 3 is 2.38 bits per heavy atom. The number of hydrogen-bond acceptors (Lipinski definition) is 3. The zero-order valence-electron chi connectivity index (χ0n) is 17.5. The molecule has 2 aromatic rings. The van der Waals surface area contributed by atoms with Crippen LogP contribution >= 0.6 is 0 Å². The second-order valence-corrected chi connectivity index (χ2v) is 7.01. The minimum absolute atomic E-state index is 0.151. The predicted molar refractivity (Wildman–Crippen MR) is 116 cm³/mol. The lowest BCUT2D eigenvalue weighted by Gasteiger charge is -2.23. The maximum atomic E-state index is 12.5. The predicted octanol–water partition coefficient (Wildman–Crippen LogP) is 3.13. The second-order valence-electron chi connectivity index (χ2n) is 7.01. The first-order valence-corrected chi connectivity index (χ1v) is 9.79. The van der Waals surface area contributed by atoms with Crippen LogP contribution in [-0.4, -0.2) is 45.6 Å². The summed E-state index contributed by atoms with van der Waals surface area (Å²) in [5.74, 6) is -0.309. The van der Waals surface area contributed by atoms with Gasteiger partial charge in [-0.25, -0.2) is 4.68 Å². The molecule has 0 fully saturated rings. The molecule has 29 heavy (non-hydrogen) atoms. The van der Waals surface area contributed by atoms with E-state index in [1.807, 2.05) is 48.9 Å². The maximum absolute atomic E-state index is 12.5. The number of amides is 2. The molecule has 1 unspecified atom stereocenters. The molecule has 6 heteroatoms. The number of aromatic nitrogens is 2. The highest BCUT2D eigenvalue weighted by Gasteiger charge is 2.21. The van der Waals surface area contributed by atoms with E-state index in [1.165, 1.54) is 0 Å².